The molecule has 1 atom stereocenters. The van der Waals surface area contributed by atoms with E-state index < -0.39 is 0 Å². The molecular formula is C21H33N3O2. The van der Waals surface area contributed by atoms with Crippen molar-refractivity contribution in [1.29, 1.82) is 0 Å². The van der Waals surface area contributed by atoms with Gasteiger partial charge >= 0.3 is 0 Å². The van der Waals surface area contributed by atoms with Crippen molar-refractivity contribution in [2.45, 2.75) is 26.7 Å². The maximum absolute atomic E-state index is 12.5. The van der Waals surface area contributed by atoms with Gasteiger partial charge in [0, 0.05) is 36.5 Å². The number of H-pyrrole nitrogens is 1. The highest BCUT2D eigenvalue weighted by Gasteiger charge is 2.16. The van der Waals surface area contributed by atoms with Crippen LogP contribution < -0.4 is 4.74 Å². The Labute approximate surface area is 157 Å². The molecule has 2 rings (SSSR count). The van der Waals surface area contributed by atoms with E-state index in [1.54, 1.807) is 0 Å². The third kappa shape index (κ3) is 5.85. The van der Waals surface area contributed by atoms with Gasteiger partial charge in [-0.3, -0.25) is 4.79 Å². The lowest BCUT2D eigenvalue weighted by Gasteiger charge is -2.19. The van der Waals surface area contributed by atoms with Crippen molar-refractivity contribution in [1.82, 2.24) is 14.8 Å². The molecule has 26 heavy (non-hydrogen) atoms. The first-order valence-electron chi connectivity index (χ1n) is 9.53. The van der Waals surface area contributed by atoms with Gasteiger partial charge in [0.05, 0.1) is 5.69 Å². The van der Waals surface area contributed by atoms with Crippen LogP contribution in [0.15, 0.2) is 24.3 Å². The zero-order valence-corrected chi connectivity index (χ0v) is 16.8. The van der Waals surface area contributed by atoms with Gasteiger partial charge in [0.2, 0.25) is 0 Å². The van der Waals surface area contributed by atoms with Crippen LogP contribution in [0.5, 0.6) is 5.75 Å². The summed E-state index contributed by atoms with van der Waals surface area (Å²) in [6.45, 7) is 7.71. The van der Waals surface area contributed by atoms with Crippen molar-refractivity contribution in [3.63, 3.8) is 0 Å². The van der Waals surface area contributed by atoms with Crippen molar-refractivity contribution in [3.8, 4) is 5.75 Å². The number of nitrogens with one attached hydrogen (secondary N) is 1. The zero-order valence-electron chi connectivity index (χ0n) is 16.8. The minimum Gasteiger partial charge on any atom is -0.492 e. The molecule has 0 aliphatic rings. The highest BCUT2D eigenvalue weighted by molar-refractivity contribution is 6.00. The van der Waals surface area contributed by atoms with E-state index >= 15 is 0 Å². The van der Waals surface area contributed by atoms with Crippen LogP contribution in [0, 0.1) is 5.92 Å². The summed E-state index contributed by atoms with van der Waals surface area (Å²) in [5.74, 6) is 1.09. The number of hydrogen-bond donors (Lipinski definition) is 1. The molecule has 2 aromatic rings. The maximum Gasteiger partial charge on any atom is 0.181 e. The smallest absolute Gasteiger partial charge is 0.181 e. The van der Waals surface area contributed by atoms with Crippen LogP contribution >= 0.6 is 0 Å². The molecule has 0 saturated heterocycles. The first-order valence-corrected chi connectivity index (χ1v) is 9.53. The Balaban J connectivity index is 1.93. The number of carbonyl (C=O) groups is 1. The summed E-state index contributed by atoms with van der Waals surface area (Å²) in [4.78, 5) is 20.2. The lowest BCUT2D eigenvalue weighted by molar-refractivity contribution is 0.0919. The van der Waals surface area contributed by atoms with Gasteiger partial charge in [0.25, 0.3) is 0 Å². The first-order chi connectivity index (χ1) is 12.4. The van der Waals surface area contributed by atoms with Crippen molar-refractivity contribution >= 4 is 16.7 Å². The molecule has 0 radical (unpaired) electrons. The quantitative estimate of drug-likeness (QED) is 0.622. The van der Waals surface area contributed by atoms with Gasteiger partial charge in [-0.1, -0.05) is 20.3 Å². The van der Waals surface area contributed by atoms with Crippen molar-refractivity contribution < 1.29 is 9.53 Å². The van der Waals surface area contributed by atoms with Crippen LogP contribution in [0.2, 0.25) is 0 Å². The lowest BCUT2D eigenvalue weighted by Crippen LogP contribution is -2.31. The van der Waals surface area contributed by atoms with Gasteiger partial charge in [0.15, 0.2) is 5.78 Å². The number of Topliss-reactive ketones (excluding diaryl/α,β-unsaturated/α-hetero) is 1. The Kier molecular flexibility index (Phi) is 7.66. The van der Waals surface area contributed by atoms with E-state index in [4.69, 9.17) is 4.74 Å². The Morgan fingerprint density at radius 2 is 1.92 bits per heavy atom. The molecule has 0 saturated carbocycles. The van der Waals surface area contributed by atoms with E-state index in [2.05, 4.69) is 42.9 Å². The standard InChI is InChI=1S/C21H33N3O2/c1-6-7-16(2)21(25)20-15-17-14-18(8-9-19(17)22-20)26-13-12-24(5)11-10-23(3)4/h8-9,14-16,22H,6-7,10-13H2,1-5H3. The Morgan fingerprint density at radius 1 is 1.15 bits per heavy atom. The van der Waals surface area contributed by atoms with Crippen LogP contribution in [0.1, 0.15) is 37.2 Å². The summed E-state index contributed by atoms with van der Waals surface area (Å²) in [7, 11) is 6.27. The molecule has 5 heteroatoms. The van der Waals surface area contributed by atoms with Crippen LogP contribution in [-0.2, 0) is 0 Å². The molecule has 0 amide bonds. The van der Waals surface area contributed by atoms with Gasteiger partial charge < -0.3 is 19.5 Å². The van der Waals surface area contributed by atoms with Crippen LogP contribution in [0.4, 0.5) is 0 Å². The van der Waals surface area contributed by atoms with Crippen LogP contribution in [0.3, 0.4) is 0 Å². The van der Waals surface area contributed by atoms with E-state index in [0.29, 0.717) is 12.3 Å². The van der Waals surface area contributed by atoms with Gasteiger partial charge in [-0.2, -0.15) is 0 Å². The number of likely N-dealkylation sites (N-methyl/N-ethyl adjacent to an activating group) is 2. The second kappa shape index (κ2) is 9.74. The molecule has 1 N–H and O–H groups in total. The first kappa shape index (κ1) is 20.5. The number of benzene rings is 1. The fraction of sp³-hybridized carbons (Fsp3) is 0.571. The number of fused-ring (bicyclic) bond motifs is 1. The third-order valence-electron chi connectivity index (χ3n) is 4.70. The lowest BCUT2D eigenvalue weighted by atomic mass is 9.99. The van der Waals surface area contributed by atoms with E-state index in [9.17, 15) is 4.79 Å². The van der Waals surface area contributed by atoms with Crippen LogP contribution in [0.25, 0.3) is 10.9 Å². The highest BCUT2D eigenvalue weighted by Crippen LogP contribution is 2.23. The molecule has 0 fully saturated rings. The van der Waals surface area contributed by atoms with Crippen molar-refractivity contribution in [2.75, 3.05) is 47.4 Å². The maximum atomic E-state index is 12.5. The topological polar surface area (TPSA) is 48.6 Å². The summed E-state index contributed by atoms with van der Waals surface area (Å²) in [6, 6.07) is 7.90. The highest BCUT2D eigenvalue weighted by atomic mass is 16.5. The van der Waals surface area contributed by atoms with Gasteiger partial charge in [-0.15, -0.1) is 0 Å². The summed E-state index contributed by atoms with van der Waals surface area (Å²) < 4.78 is 5.89. The molecule has 5 nitrogen and oxygen atoms in total. The molecule has 1 aromatic heterocycles. The van der Waals surface area contributed by atoms with E-state index in [1.807, 2.05) is 31.2 Å². The van der Waals surface area contributed by atoms with E-state index in [1.165, 1.54) is 0 Å². The van der Waals surface area contributed by atoms with E-state index in [0.717, 1.165) is 49.1 Å². The number of hydrogen-bond acceptors (Lipinski definition) is 4. The fourth-order valence-electron chi connectivity index (χ4n) is 2.96. The van der Waals surface area contributed by atoms with Crippen LogP contribution in [-0.4, -0.2) is 68.0 Å². The number of ether oxygens (including phenoxy) is 1. The second-order valence-electron chi connectivity index (χ2n) is 7.44. The molecule has 1 unspecified atom stereocenters. The molecule has 0 aliphatic heterocycles. The Hall–Kier alpha value is -1.85. The number of ketones is 1. The summed E-state index contributed by atoms with van der Waals surface area (Å²) >= 11 is 0. The predicted octanol–water partition coefficient (Wildman–Crippen LogP) is 3.66. The van der Waals surface area contributed by atoms with Crippen molar-refractivity contribution in [2.24, 2.45) is 5.92 Å². The van der Waals surface area contributed by atoms with E-state index in [-0.39, 0.29) is 11.7 Å². The molecule has 1 aromatic carbocycles. The predicted molar refractivity (Wildman–Crippen MR) is 108 cm³/mol. The normalized spacial score (nSPS) is 12.9. The molecular weight excluding hydrogens is 326 g/mol. The number of carbonyl (C=O) groups excluding carboxylic acids is 1. The SMILES string of the molecule is CCCC(C)C(=O)c1cc2cc(OCCN(C)CCN(C)C)ccc2[nH]1. The van der Waals surface area contributed by atoms with Gasteiger partial charge in [-0.25, -0.2) is 0 Å². The Morgan fingerprint density at radius 3 is 2.62 bits per heavy atom. The summed E-state index contributed by atoms with van der Waals surface area (Å²) in [5.41, 5.74) is 1.68. The number of aromatic amines is 1. The van der Waals surface area contributed by atoms with Crippen molar-refractivity contribution in [3.05, 3.63) is 30.0 Å². The minimum absolute atomic E-state index is 0.0569. The molecule has 0 aliphatic carbocycles. The summed E-state index contributed by atoms with van der Waals surface area (Å²) in [6.07, 6.45) is 1.94. The average molecular weight is 360 g/mol. The zero-order chi connectivity index (χ0) is 19.1. The number of aromatic nitrogens is 1. The Bertz CT molecular complexity index is 708. The van der Waals surface area contributed by atoms with Gasteiger partial charge in [0.1, 0.15) is 12.4 Å². The minimum atomic E-state index is 0.0569. The second-order valence-corrected chi connectivity index (χ2v) is 7.44. The summed E-state index contributed by atoms with van der Waals surface area (Å²) in [5, 5.41) is 1.02. The molecule has 0 spiro atoms. The number of rotatable bonds is 11. The largest absolute Gasteiger partial charge is 0.492 e. The molecule has 144 valence electrons. The fourth-order valence-corrected chi connectivity index (χ4v) is 2.96. The molecule has 1 heterocycles. The monoisotopic (exact) mass is 359 g/mol. The van der Waals surface area contributed by atoms with Gasteiger partial charge in [-0.05, 0) is 51.8 Å². The number of nitrogens with zero attached hydrogens (tertiary/aromatic N) is 2. The average Bonchev–Trinajstić information content (AvgIpc) is 3.02. The molecule has 0 bridgehead atoms. The third-order valence-corrected chi connectivity index (χ3v) is 4.70.